The molecule has 2 atom stereocenters. The van der Waals surface area contributed by atoms with Gasteiger partial charge in [0.1, 0.15) is 5.75 Å². The average Bonchev–Trinajstić information content (AvgIpc) is 2.88. The molecule has 0 aromatic heterocycles. The summed E-state index contributed by atoms with van der Waals surface area (Å²) >= 11 is 0. The van der Waals surface area contributed by atoms with Crippen molar-refractivity contribution < 1.29 is 9.84 Å². The van der Waals surface area contributed by atoms with Crippen molar-refractivity contribution in [3.8, 4) is 5.75 Å². The van der Waals surface area contributed by atoms with Gasteiger partial charge in [-0.15, -0.1) is 0 Å². The molecule has 0 spiro atoms. The number of aliphatic hydroxyl groups is 1. The summed E-state index contributed by atoms with van der Waals surface area (Å²) < 4.78 is 5.75. The van der Waals surface area contributed by atoms with Crippen molar-refractivity contribution in [2.75, 3.05) is 19.4 Å². The lowest BCUT2D eigenvalue weighted by Crippen LogP contribution is -2.22. The number of aliphatic hydroxyl groups excluding tert-OH is 1. The van der Waals surface area contributed by atoms with E-state index >= 15 is 0 Å². The summed E-state index contributed by atoms with van der Waals surface area (Å²) in [7, 11) is 0.590. The lowest BCUT2D eigenvalue weighted by atomic mass is 10.2. The summed E-state index contributed by atoms with van der Waals surface area (Å²) in [5, 5.41) is 15.3. The molecule has 1 N–H and O–H groups in total. The lowest BCUT2D eigenvalue weighted by Gasteiger charge is -2.26. The number of benzene rings is 4. The molecular formula is C28H28O2P2. The van der Waals surface area contributed by atoms with Crippen molar-refractivity contribution in [3.05, 3.63) is 115 Å². The van der Waals surface area contributed by atoms with Gasteiger partial charge in [0.2, 0.25) is 0 Å². The van der Waals surface area contributed by atoms with E-state index in [1.54, 1.807) is 7.11 Å². The number of hydrogen-bond donors (Lipinski definition) is 1. The molecule has 0 radical (unpaired) electrons. The summed E-state index contributed by atoms with van der Waals surface area (Å²) in [6.07, 6.45) is 2.11. The predicted molar refractivity (Wildman–Crippen MR) is 140 cm³/mol. The molecule has 4 aromatic rings. The normalized spacial score (nSPS) is 12.8. The van der Waals surface area contributed by atoms with Crippen molar-refractivity contribution >= 4 is 37.1 Å². The van der Waals surface area contributed by atoms with Crippen LogP contribution in [0.2, 0.25) is 0 Å². The van der Waals surface area contributed by atoms with E-state index in [-0.39, 0.29) is 6.61 Å². The fraction of sp³-hybridized carbons (Fsp3) is 0.143. The molecule has 4 aromatic carbocycles. The molecule has 0 aliphatic heterocycles. The Bertz CT molecular complexity index is 1030. The van der Waals surface area contributed by atoms with Crippen LogP contribution < -0.4 is 26.0 Å². The van der Waals surface area contributed by atoms with Crippen LogP contribution in [0.4, 0.5) is 0 Å². The highest BCUT2D eigenvalue weighted by Gasteiger charge is 2.22. The first-order chi connectivity index (χ1) is 15.8. The van der Waals surface area contributed by atoms with Gasteiger partial charge in [-0.05, 0) is 55.7 Å². The fourth-order valence-corrected chi connectivity index (χ4v) is 9.63. The van der Waals surface area contributed by atoms with Crippen molar-refractivity contribution in [1.82, 2.24) is 0 Å². The number of ether oxygens (including phenoxy) is 1. The number of methoxy groups -OCH3 is 1. The summed E-state index contributed by atoms with van der Waals surface area (Å²) in [4.78, 5) is 0. The zero-order valence-electron chi connectivity index (χ0n) is 18.3. The van der Waals surface area contributed by atoms with E-state index in [0.29, 0.717) is 0 Å². The van der Waals surface area contributed by atoms with Crippen molar-refractivity contribution in [3.63, 3.8) is 0 Å². The van der Waals surface area contributed by atoms with E-state index in [9.17, 15) is 5.11 Å². The zero-order valence-corrected chi connectivity index (χ0v) is 20.1. The Morgan fingerprint density at radius 1 is 0.594 bits per heavy atom. The third-order valence-corrected chi connectivity index (χ3v) is 11.0. The van der Waals surface area contributed by atoms with Crippen molar-refractivity contribution in [2.45, 2.75) is 6.61 Å². The van der Waals surface area contributed by atoms with Crippen LogP contribution in [-0.2, 0) is 6.61 Å². The van der Waals surface area contributed by atoms with Gasteiger partial charge in [-0.3, -0.25) is 0 Å². The second-order valence-corrected chi connectivity index (χ2v) is 12.0. The van der Waals surface area contributed by atoms with Gasteiger partial charge in [0, 0.05) is 5.30 Å². The number of rotatable bonds is 9. The Hall–Kier alpha value is -2.50. The van der Waals surface area contributed by atoms with Crippen LogP contribution in [0, 0.1) is 0 Å². The van der Waals surface area contributed by atoms with Gasteiger partial charge in [-0.25, -0.2) is 0 Å². The first-order valence-electron chi connectivity index (χ1n) is 10.8. The first kappa shape index (κ1) is 22.7. The topological polar surface area (TPSA) is 29.5 Å². The molecule has 0 amide bonds. The van der Waals surface area contributed by atoms with E-state index in [2.05, 4.69) is 91.0 Å². The summed E-state index contributed by atoms with van der Waals surface area (Å²) in [6.45, 7) is 0.0712. The van der Waals surface area contributed by atoms with Crippen LogP contribution in [0.25, 0.3) is 0 Å². The molecule has 32 heavy (non-hydrogen) atoms. The zero-order chi connectivity index (χ0) is 22.2. The standard InChI is InChI=1S/C28H28O2P2/c1-30-26-17-9-11-19-28(26)32(25-15-6-3-7-16-25)21-20-31(24-13-4-2-5-14-24)27-18-10-8-12-23(27)22-29/h2-19,29H,20-22H2,1H3. The Labute approximate surface area is 193 Å². The van der Waals surface area contributed by atoms with Gasteiger partial charge >= 0.3 is 0 Å². The van der Waals surface area contributed by atoms with Gasteiger partial charge in [0.25, 0.3) is 0 Å². The molecule has 162 valence electrons. The molecule has 4 rings (SSSR count). The minimum atomic E-state index is -0.589. The third kappa shape index (κ3) is 5.28. The van der Waals surface area contributed by atoms with Crippen LogP contribution in [0.5, 0.6) is 5.75 Å². The van der Waals surface area contributed by atoms with Crippen LogP contribution >= 0.6 is 15.8 Å². The van der Waals surface area contributed by atoms with Gasteiger partial charge in [0.15, 0.2) is 0 Å². The van der Waals surface area contributed by atoms with E-state index in [0.717, 1.165) is 23.6 Å². The molecule has 0 fully saturated rings. The minimum Gasteiger partial charge on any atom is -0.496 e. The van der Waals surface area contributed by atoms with Crippen LogP contribution in [-0.4, -0.2) is 24.5 Å². The Morgan fingerprint density at radius 2 is 1.06 bits per heavy atom. The van der Waals surface area contributed by atoms with E-state index in [1.165, 1.54) is 21.2 Å². The maximum atomic E-state index is 10.0. The highest BCUT2D eigenvalue weighted by atomic mass is 31.1. The molecule has 0 heterocycles. The van der Waals surface area contributed by atoms with E-state index in [4.69, 9.17) is 4.74 Å². The molecule has 4 heteroatoms. The van der Waals surface area contributed by atoms with E-state index < -0.39 is 15.8 Å². The molecular weight excluding hydrogens is 430 g/mol. The summed E-state index contributed by atoms with van der Waals surface area (Å²) in [6, 6.07) is 38.3. The van der Waals surface area contributed by atoms with Gasteiger partial charge < -0.3 is 9.84 Å². The van der Waals surface area contributed by atoms with Crippen LogP contribution in [0.15, 0.2) is 109 Å². The van der Waals surface area contributed by atoms with Crippen molar-refractivity contribution in [1.29, 1.82) is 0 Å². The van der Waals surface area contributed by atoms with E-state index in [1.807, 2.05) is 18.2 Å². The Morgan fingerprint density at radius 3 is 1.62 bits per heavy atom. The molecule has 0 saturated carbocycles. The van der Waals surface area contributed by atoms with Gasteiger partial charge in [0.05, 0.1) is 13.7 Å². The molecule has 0 aliphatic carbocycles. The Balaban J connectivity index is 1.72. The quantitative estimate of drug-likeness (QED) is 0.367. The second-order valence-electron chi connectivity index (χ2n) is 7.43. The third-order valence-electron chi connectivity index (χ3n) is 5.51. The van der Waals surface area contributed by atoms with Gasteiger partial charge in [-0.1, -0.05) is 103 Å². The second kappa shape index (κ2) is 11.4. The number of hydrogen-bond acceptors (Lipinski definition) is 2. The molecule has 2 unspecified atom stereocenters. The maximum absolute atomic E-state index is 10.0. The highest BCUT2D eigenvalue weighted by molar-refractivity contribution is 7.76. The SMILES string of the molecule is COc1ccccc1P(CCP(c1ccccc1)c1ccccc1CO)c1ccccc1. The first-order valence-corrected chi connectivity index (χ1v) is 13.8. The predicted octanol–water partition coefficient (Wildman–Crippen LogP) is 4.75. The van der Waals surface area contributed by atoms with Crippen LogP contribution in [0.3, 0.4) is 0 Å². The maximum Gasteiger partial charge on any atom is 0.126 e. The fourth-order valence-electron chi connectivity index (χ4n) is 3.95. The summed E-state index contributed by atoms with van der Waals surface area (Å²) in [5.41, 5.74) is 1.03. The molecule has 0 aliphatic rings. The summed E-state index contributed by atoms with van der Waals surface area (Å²) in [5.74, 6) is 0.960. The minimum absolute atomic E-state index is 0.0712. The molecule has 2 nitrogen and oxygen atoms in total. The lowest BCUT2D eigenvalue weighted by molar-refractivity contribution is 0.283. The highest BCUT2D eigenvalue weighted by Crippen LogP contribution is 2.43. The monoisotopic (exact) mass is 458 g/mol. The molecule has 0 bridgehead atoms. The molecule has 0 saturated heterocycles. The van der Waals surface area contributed by atoms with Gasteiger partial charge in [-0.2, -0.15) is 0 Å². The van der Waals surface area contributed by atoms with Crippen LogP contribution in [0.1, 0.15) is 5.56 Å². The smallest absolute Gasteiger partial charge is 0.126 e. The van der Waals surface area contributed by atoms with Crippen molar-refractivity contribution in [2.24, 2.45) is 0 Å². The number of para-hydroxylation sites is 1. The Kier molecular flexibility index (Phi) is 8.07. The average molecular weight is 458 g/mol. The largest absolute Gasteiger partial charge is 0.496 e.